The van der Waals surface area contributed by atoms with Gasteiger partial charge in [-0.25, -0.2) is 4.79 Å². The molecule has 0 amide bonds. The van der Waals surface area contributed by atoms with Crippen molar-refractivity contribution in [2.45, 2.75) is 26.1 Å². The van der Waals surface area contributed by atoms with Gasteiger partial charge in [-0.15, -0.1) is 0 Å². The summed E-state index contributed by atoms with van der Waals surface area (Å²) >= 11 is 0. The normalized spacial score (nSPS) is 12.4. The van der Waals surface area contributed by atoms with Crippen LogP contribution in [0.15, 0.2) is 18.2 Å². The fourth-order valence-electron chi connectivity index (χ4n) is 1.42. The SMILES string of the molecule is CCOC(=O)C(C)Oc1ccc(C#N)cc1C(F)(F)F. The second-order valence-electron chi connectivity index (χ2n) is 3.83. The predicted octanol–water partition coefficient (Wildman–Crippen LogP) is 2.91. The monoisotopic (exact) mass is 287 g/mol. The van der Waals surface area contributed by atoms with Gasteiger partial charge in [-0.05, 0) is 32.0 Å². The Labute approximate surface area is 113 Å². The van der Waals surface area contributed by atoms with Gasteiger partial charge >= 0.3 is 12.1 Å². The highest BCUT2D eigenvalue weighted by atomic mass is 19.4. The predicted molar refractivity (Wildman–Crippen MR) is 62.9 cm³/mol. The van der Waals surface area contributed by atoms with Crippen molar-refractivity contribution in [1.29, 1.82) is 5.26 Å². The topological polar surface area (TPSA) is 59.3 Å². The summed E-state index contributed by atoms with van der Waals surface area (Å²) in [5, 5.41) is 8.63. The van der Waals surface area contributed by atoms with Crippen molar-refractivity contribution in [3.05, 3.63) is 29.3 Å². The average molecular weight is 287 g/mol. The highest BCUT2D eigenvalue weighted by Crippen LogP contribution is 2.37. The average Bonchev–Trinajstić information content (AvgIpc) is 2.38. The summed E-state index contributed by atoms with van der Waals surface area (Å²) in [6.45, 7) is 2.97. The zero-order valence-electron chi connectivity index (χ0n) is 10.8. The van der Waals surface area contributed by atoms with E-state index in [2.05, 4.69) is 4.74 Å². The molecule has 1 atom stereocenters. The lowest BCUT2D eigenvalue weighted by Gasteiger charge is -2.17. The number of carbonyl (C=O) groups is 1. The van der Waals surface area contributed by atoms with Crippen LogP contribution in [-0.4, -0.2) is 18.7 Å². The molecule has 4 nitrogen and oxygen atoms in total. The van der Waals surface area contributed by atoms with Crippen LogP contribution in [0.3, 0.4) is 0 Å². The van der Waals surface area contributed by atoms with Crippen molar-refractivity contribution in [2.75, 3.05) is 6.61 Å². The third kappa shape index (κ3) is 3.88. The van der Waals surface area contributed by atoms with Gasteiger partial charge in [0.2, 0.25) is 0 Å². The molecular weight excluding hydrogens is 275 g/mol. The lowest BCUT2D eigenvalue weighted by atomic mass is 10.1. The molecule has 0 radical (unpaired) electrons. The first-order valence-corrected chi connectivity index (χ1v) is 5.74. The van der Waals surface area contributed by atoms with Crippen molar-refractivity contribution in [3.8, 4) is 11.8 Å². The summed E-state index contributed by atoms with van der Waals surface area (Å²) in [7, 11) is 0. The van der Waals surface area contributed by atoms with Crippen molar-refractivity contribution in [2.24, 2.45) is 0 Å². The van der Waals surface area contributed by atoms with E-state index in [9.17, 15) is 18.0 Å². The maximum absolute atomic E-state index is 12.9. The summed E-state index contributed by atoms with van der Waals surface area (Å²) in [4.78, 5) is 11.4. The Hall–Kier alpha value is -2.23. The number of esters is 1. The van der Waals surface area contributed by atoms with Gasteiger partial charge in [0, 0.05) is 0 Å². The lowest BCUT2D eigenvalue weighted by Crippen LogP contribution is -2.27. The minimum atomic E-state index is -4.68. The quantitative estimate of drug-likeness (QED) is 0.799. The number of rotatable bonds is 4. The number of nitriles is 1. The van der Waals surface area contributed by atoms with Crippen molar-refractivity contribution in [1.82, 2.24) is 0 Å². The van der Waals surface area contributed by atoms with Crippen LogP contribution in [0.5, 0.6) is 5.75 Å². The van der Waals surface area contributed by atoms with Gasteiger partial charge in [0.25, 0.3) is 0 Å². The van der Waals surface area contributed by atoms with Crippen molar-refractivity contribution in [3.63, 3.8) is 0 Å². The summed E-state index contributed by atoms with van der Waals surface area (Å²) in [6, 6.07) is 4.48. The Morgan fingerprint density at radius 1 is 1.45 bits per heavy atom. The highest BCUT2D eigenvalue weighted by molar-refractivity contribution is 5.74. The Morgan fingerprint density at radius 2 is 2.10 bits per heavy atom. The van der Waals surface area contributed by atoms with E-state index in [4.69, 9.17) is 10.00 Å². The number of hydrogen-bond acceptors (Lipinski definition) is 4. The maximum Gasteiger partial charge on any atom is 0.420 e. The van der Waals surface area contributed by atoms with Gasteiger partial charge in [0.15, 0.2) is 6.10 Å². The minimum Gasteiger partial charge on any atom is -0.478 e. The number of alkyl halides is 3. The molecule has 0 N–H and O–H groups in total. The van der Waals surface area contributed by atoms with Gasteiger partial charge < -0.3 is 9.47 Å². The molecule has 1 unspecified atom stereocenters. The van der Waals surface area contributed by atoms with Gasteiger partial charge in [-0.3, -0.25) is 0 Å². The van der Waals surface area contributed by atoms with E-state index in [1.54, 1.807) is 13.0 Å². The second-order valence-corrected chi connectivity index (χ2v) is 3.83. The number of hydrogen-bond donors (Lipinski definition) is 0. The molecule has 0 aliphatic heterocycles. The van der Waals surface area contributed by atoms with Crippen LogP contribution >= 0.6 is 0 Å². The third-order valence-electron chi connectivity index (χ3n) is 2.34. The Bertz CT molecular complexity index is 535. The molecule has 1 aromatic carbocycles. The van der Waals surface area contributed by atoms with Crippen LogP contribution in [0.2, 0.25) is 0 Å². The maximum atomic E-state index is 12.9. The molecule has 7 heteroatoms. The van der Waals surface area contributed by atoms with E-state index in [-0.39, 0.29) is 12.2 Å². The first kappa shape index (κ1) is 15.8. The number of halogens is 3. The molecule has 1 rings (SSSR count). The summed E-state index contributed by atoms with van der Waals surface area (Å²) < 4.78 is 48.2. The molecule has 0 fully saturated rings. The summed E-state index contributed by atoms with van der Waals surface area (Å²) in [5.74, 6) is -1.28. The zero-order valence-corrected chi connectivity index (χ0v) is 10.8. The van der Waals surface area contributed by atoms with Crippen LogP contribution < -0.4 is 4.74 Å². The molecule has 0 spiro atoms. The molecule has 0 saturated carbocycles. The number of nitrogens with zero attached hydrogens (tertiary/aromatic N) is 1. The van der Waals surface area contributed by atoms with Gasteiger partial charge in [-0.1, -0.05) is 0 Å². The summed E-state index contributed by atoms with van der Waals surface area (Å²) in [5.41, 5.74) is -1.25. The molecule has 1 aromatic rings. The first-order chi connectivity index (χ1) is 9.29. The van der Waals surface area contributed by atoms with E-state index in [1.165, 1.54) is 13.0 Å². The van der Waals surface area contributed by atoms with Gasteiger partial charge in [0.05, 0.1) is 23.8 Å². The van der Waals surface area contributed by atoms with E-state index in [0.29, 0.717) is 6.07 Å². The molecule has 0 aliphatic carbocycles. The standard InChI is InChI=1S/C13H12F3NO3/c1-3-19-12(18)8(2)20-11-5-4-9(7-17)6-10(11)13(14,15)16/h4-6,8H,3H2,1-2H3. The van der Waals surface area contributed by atoms with E-state index in [0.717, 1.165) is 6.07 Å². The van der Waals surface area contributed by atoms with Crippen LogP contribution in [0.25, 0.3) is 0 Å². The number of carbonyl (C=O) groups excluding carboxylic acids is 1. The zero-order chi connectivity index (χ0) is 15.3. The largest absolute Gasteiger partial charge is 0.478 e. The number of benzene rings is 1. The highest BCUT2D eigenvalue weighted by Gasteiger charge is 2.35. The minimum absolute atomic E-state index is 0.103. The molecule has 108 valence electrons. The van der Waals surface area contributed by atoms with Gasteiger partial charge in [0.1, 0.15) is 5.75 Å². The summed E-state index contributed by atoms with van der Waals surface area (Å²) in [6.07, 6.45) is -5.86. The van der Waals surface area contributed by atoms with Crippen molar-refractivity contribution < 1.29 is 27.4 Å². The second kappa shape index (κ2) is 6.28. The Kier molecular flexibility index (Phi) is 4.97. The van der Waals surface area contributed by atoms with Crippen molar-refractivity contribution >= 4 is 5.97 Å². The first-order valence-electron chi connectivity index (χ1n) is 5.74. The molecule has 20 heavy (non-hydrogen) atoms. The Morgan fingerprint density at radius 3 is 2.60 bits per heavy atom. The van der Waals surface area contributed by atoms with Crippen LogP contribution in [0.4, 0.5) is 13.2 Å². The van der Waals surface area contributed by atoms with Crippen LogP contribution in [0, 0.1) is 11.3 Å². The van der Waals surface area contributed by atoms with E-state index >= 15 is 0 Å². The molecule has 0 bridgehead atoms. The van der Waals surface area contributed by atoms with Gasteiger partial charge in [-0.2, -0.15) is 18.4 Å². The van der Waals surface area contributed by atoms with Crippen LogP contribution in [0.1, 0.15) is 25.0 Å². The molecule has 0 saturated heterocycles. The Balaban J connectivity index is 3.07. The fourth-order valence-corrected chi connectivity index (χ4v) is 1.42. The fraction of sp³-hybridized carbons (Fsp3) is 0.385. The van der Waals surface area contributed by atoms with Crippen LogP contribution in [-0.2, 0) is 15.7 Å². The molecule has 0 aliphatic rings. The van der Waals surface area contributed by atoms with E-state index in [1.807, 2.05) is 0 Å². The smallest absolute Gasteiger partial charge is 0.420 e. The lowest BCUT2D eigenvalue weighted by molar-refractivity contribution is -0.152. The van der Waals surface area contributed by atoms with E-state index < -0.39 is 29.6 Å². The molecule has 0 heterocycles. The third-order valence-corrected chi connectivity index (χ3v) is 2.34. The molecule has 0 aromatic heterocycles. The molecular formula is C13H12F3NO3. The number of ether oxygens (including phenoxy) is 2.